The number of rotatable bonds is 5. The van der Waals surface area contributed by atoms with Gasteiger partial charge in [-0.15, -0.1) is 0 Å². The first-order chi connectivity index (χ1) is 8.58. The first-order valence-electron chi connectivity index (χ1n) is 6.14. The summed E-state index contributed by atoms with van der Waals surface area (Å²) in [5, 5.41) is 24.5. The SMILES string of the molecule is CCCc1nn(C)c(N2CC(CO)C2)c1[N+](=O)[O-]. The van der Waals surface area contributed by atoms with Crippen molar-refractivity contribution in [3.8, 4) is 0 Å². The van der Waals surface area contributed by atoms with Crippen molar-refractivity contribution in [2.45, 2.75) is 19.8 Å². The minimum atomic E-state index is -0.348. The van der Waals surface area contributed by atoms with Crippen molar-refractivity contribution in [1.82, 2.24) is 9.78 Å². The van der Waals surface area contributed by atoms with Gasteiger partial charge in [0.25, 0.3) is 0 Å². The molecule has 0 atom stereocenters. The molecule has 0 aromatic carbocycles. The van der Waals surface area contributed by atoms with Crippen LogP contribution >= 0.6 is 0 Å². The zero-order valence-corrected chi connectivity index (χ0v) is 10.7. The summed E-state index contributed by atoms with van der Waals surface area (Å²) in [6, 6.07) is 0. The fourth-order valence-corrected chi connectivity index (χ4v) is 2.36. The zero-order valence-electron chi connectivity index (χ0n) is 10.7. The van der Waals surface area contributed by atoms with Gasteiger partial charge in [0.05, 0.1) is 4.92 Å². The van der Waals surface area contributed by atoms with Crippen molar-refractivity contribution in [1.29, 1.82) is 0 Å². The summed E-state index contributed by atoms with van der Waals surface area (Å²) in [5.41, 5.74) is 0.670. The Labute approximate surface area is 105 Å². The molecule has 7 heteroatoms. The fraction of sp³-hybridized carbons (Fsp3) is 0.727. The van der Waals surface area contributed by atoms with Gasteiger partial charge in [-0.05, 0) is 6.42 Å². The van der Waals surface area contributed by atoms with Crippen LogP contribution in [0.5, 0.6) is 0 Å². The Morgan fingerprint density at radius 2 is 2.22 bits per heavy atom. The summed E-state index contributed by atoms with van der Waals surface area (Å²) in [6.07, 6.45) is 1.44. The highest BCUT2D eigenvalue weighted by molar-refractivity contribution is 5.63. The molecule has 0 aliphatic carbocycles. The largest absolute Gasteiger partial charge is 0.396 e. The molecule has 2 heterocycles. The predicted molar refractivity (Wildman–Crippen MR) is 66.6 cm³/mol. The van der Waals surface area contributed by atoms with Gasteiger partial charge < -0.3 is 10.0 Å². The lowest BCUT2D eigenvalue weighted by molar-refractivity contribution is -0.384. The van der Waals surface area contributed by atoms with Gasteiger partial charge in [0, 0.05) is 32.7 Å². The molecule has 0 bridgehead atoms. The molecule has 2 rings (SSSR count). The summed E-state index contributed by atoms with van der Waals surface area (Å²) >= 11 is 0. The van der Waals surface area contributed by atoms with E-state index in [1.807, 2.05) is 11.8 Å². The maximum atomic E-state index is 11.2. The van der Waals surface area contributed by atoms with Crippen molar-refractivity contribution in [2.75, 3.05) is 24.6 Å². The quantitative estimate of drug-likeness (QED) is 0.618. The van der Waals surface area contributed by atoms with E-state index in [1.165, 1.54) is 0 Å². The van der Waals surface area contributed by atoms with Crippen molar-refractivity contribution in [3.63, 3.8) is 0 Å². The summed E-state index contributed by atoms with van der Waals surface area (Å²) < 4.78 is 1.58. The number of aromatic nitrogens is 2. The number of hydrogen-bond acceptors (Lipinski definition) is 5. The lowest BCUT2D eigenvalue weighted by Crippen LogP contribution is -2.49. The van der Waals surface area contributed by atoms with E-state index in [0.29, 0.717) is 31.0 Å². The number of aliphatic hydroxyl groups excluding tert-OH is 1. The summed E-state index contributed by atoms with van der Waals surface area (Å²) in [7, 11) is 1.73. The topological polar surface area (TPSA) is 84.4 Å². The third-order valence-electron chi connectivity index (χ3n) is 3.25. The van der Waals surface area contributed by atoms with Gasteiger partial charge in [0.15, 0.2) is 0 Å². The first-order valence-corrected chi connectivity index (χ1v) is 6.14. The van der Waals surface area contributed by atoms with Crippen molar-refractivity contribution >= 4 is 11.5 Å². The van der Waals surface area contributed by atoms with E-state index in [4.69, 9.17) is 5.11 Å². The Balaban J connectivity index is 2.31. The Morgan fingerprint density at radius 3 is 2.72 bits per heavy atom. The molecule has 0 amide bonds. The number of nitro groups is 1. The van der Waals surface area contributed by atoms with Crippen molar-refractivity contribution in [2.24, 2.45) is 13.0 Å². The van der Waals surface area contributed by atoms with E-state index < -0.39 is 0 Å². The van der Waals surface area contributed by atoms with E-state index in [9.17, 15) is 10.1 Å². The summed E-state index contributed by atoms with van der Waals surface area (Å²) in [6.45, 7) is 3.42. The van der Waals surface area contributed by atoms with Gasteiger partial charge >= 0.3 is 5.69 Å². The van der Waals surface area contributed by atoms with Crippen molar-refractivity contribution < 1.29 is 10.0 Å². The molecule has 1 N–H and O–H groups in total. The molecule has 0 radical (unpaired) electrons. The van der Waals surface area contributed by atoms with E-state index in [-0.39, 0.29) is 23.1 Å². The number of anilines is 1. The van der Waals surface area contributed by atoms with Crippen LogP contribution in [-0.2, 0) is 13.5 Å². The van der Waals surface area contributed by atoms with Crippen LogP contribution in [0.2, 0.25) is 0 Å². The third kappa shape index (κ3) is 2.05. The molecular formula is C11H18N4O3. The minimum Gasteiger partial charge on any atom is -0.396 e. The molecule has 1 aromatic heterocycles. The molecule has 0 spiro atoms. The van der Waals surface area contributed by atoms with Crippen LogP contribution in [0.25, 0.3) is 0 Å². The molecular weight excluding hydrogens is 236 g/mol. The summed E-state index contributed by atoms with van der Waals surface area (Å²) in [5.74, 6) is 0.780. The molecule has 100 valence electrons. The van der Waals surface area contributed by atoms with E-state index in [2.05, 4.69) is 5.10 Å². The highest BCUT2D eigenvalue weighted by Crippen LogP contribution is 2.35. The zero-order chi connectivity index (χ0) is 13.3. The number of aryl methyl sites for hydroxylation is 2. The molecule has 1 aromatic rings. The first kappa shape index (κ1) is 12.8. The lowest BCUT2D eigenvalue weighted by atomic mass is 10.0. The molecule has 1 fully saturated rings. The van der Waals surface area contributed by atoms with Crippen LogP contribution < -0.4 is 4.90 Å². The Bertz CT molecular complexity index is 451. The molecule has 1 saturated heterocycles. The summed E-state index contributed by atoms with van der Waals surface area (Å²) in [4.78, 5) is 12.8. The normalized spacial score (nSPS) is 15.8. The number of aliphatic hydroxyl groups is 1. The molecule has 0 unspecified atom stereocenters. The highest BCUT2D eigenvalue weighted by atomic mass is 16.6. The maximum absolute atomic E-state index is 11.2. The van der Waals surface area contributed by atoms with Crippen LogP contribution in [0.4, 0.5) is 11.5 Å². The second-order valence-electron chi connectivity index (χ2n) is 4.70. The van der Waals surface area contributed by atoms with E-state index >= 15 is 0 Å². The average Bonchev–Trinajstić information content (AvgIpc) is 2.55. The van der Waals surface area contributed by atoms with Gasteiger partial charge in [-0.3, -0.25) is 10.1 Å². The van der Waals surface area contributed by atoms with Crippen LogP contribution in [0, 0.1) is 16.0 Å². The Morgan fingerprint density at radius 1 is 1.56 bits per heavy atom. The van der Waals surface area contributed by atoms with Crippen molar-refractivity contribution in [3.05, 3.63) is 15.8 Å². The lowest BCUT2D eigenvalue weighted by Gasteiger charge is -2.38. The van der Waals surface area contributed by atoms with Gasteiger partial charge in [-0.1, -0.05) is 13.3 Å². The number of hydrogen-bond donors (Lipinski definition) is 1. The molecule has 18 heavy (non-hydrogen) atoms. The molecule has 7 nitrogen and oxygen atoms in total. The van der Waals surface area contributed by atoms with Gasteiger partial charge in [0.2, 0.25) is 5.82 Å². The van der Waals surface area contributed by atoms with Crippen LogP contribution in [0.1, 0.15) is 19.0 Å². The van der Waals surface area contributed by atoms with E-state index in [1.54, 1.807) is 11.7 Å². The van der Waals surface area contributed by atoms with E-state index in [0.717, 1.165) is 6.42 Å². The third-order valence-corrected chi connectivity index (χ3v) is 3.25. The smallest absolute Gasteiger partial charge is 0.334 e. The van der Waals surface area contributed by atoms with Gasteiger partial charge in [-0.25, -0.2) is 4.68 Å². The fourth-order valence-electron chi connectivity index (χ4n) is 2.36. The number of nitrogens with zero attached hydrogens (tertiary/aromatic N) is 4. The van der Waals surface area contributed by atoms with Crippen LogP contribution in [0.3, 0.4) is 0 Å². The Hall–Kier alpha value is -1.63. The van der Waals surface area contributed by atoms with Crippen LogP contribution in [0.15, 0.2) is 0 Å². The van der Waals surface area contributed by atoms with Crippen LogP contribution in [-0.4, -0.2) is 39.5 Å². The molecule has 1 aliphatic heterocycles. The monoisotopic (exact) mass is 254 g/mol. The van der Waals surface area contributed by atoms with Gasteiger partial charge in [0.1, 0.15) is 5.69 Å². The second-order valence-corrected chi connectivity index (χ2v) is 4.70. The maximum Gasteiger partial charge on any atom is 0.334 e. The highest BCUT2D eigenvalue weighted by Gasteiger charge is 2.36. The van der Waals surface area contributed by atoms with Gasteiger partial charge in [-0.2, -0.15) is 5.10 Å². The average molecular weight is 254 g/mol. The second kappa shape index (κ2) is 4.93. The Kier molecular flexibility index (Phi) is 3.51. The molecule has 1 aliphatic rings. The predicted octanol–water partition coefficient (Wildman–Crippen LogP) is 0.709. The molecule has 0 saturated carbocycles. The standard InChI is InChI=1S/C11H18N4O3/c1-3-4-9-10(15(17)18)11(13(2)12-9)14-5-8(6-14)7-16/h8,16H,3-7H2,1-2H3. The minimum absolute atomic E-state index is 0.121.